The van der Waals surface area contributed by atoms with Crippen molar-refractivity contribution in [3.63, 3.8) is 0 Å². The van der Waals surface area contributed by atoms with Crippen LogP contribution in [0.4, 0.5) is 0 Å². The molecule has 35 heavy (non-hydrogen) atoms. The fraction of sp³-hybridized carbons (Fsp3) is 0.435. The van der Waals surface area contributed by atoms with Crippen LogP contribution in [0, 0.1) is 5.41 Å². The average molecular weight is 505 g/mol. The van der Waals surface area contributed by atoms with Crippen molar-refractivity contribution in [1.29, 1.82) is 5.41 Å². The van der Waals surface area contributed by atoms with Crippen molar-refractivity contribution in [3.8, 4) is 0 Å². The Labute approximate surface area is 204 Å². The molecular formula is C23H32N6O5S. The van der Waals surface area contributed by atoms with Crippen LogP contribution >= 0.6 is 0 Å². The molecule has 1 fully saturated rings. The predicted octanol–water partition coefficient (Wildman–Crippen LogP) is -0.151. The molecule has 0 unspecified atom stereocenters. The summed E-state index contributed by atoms with van der Waals surface area (Å²) in [5.74, 6) is -0.871. The molecule has 0 saturated carbocycles. The first-order valence-electron chi connectivity index (χ1n) is 11.5. The van der Waals surface area contributed by atoms with E-state index in [9.17, 15) is 23.1 Å². The number of benzene rings is 2. The standard InChI is InChI=1S/C23H32N6O5S/c24-23(25)26-11-3-8-21(31)27-14-18-7-4-12-29(18)22(32)20(15-30)28-35(33,34)19-10-9-16-5-1-2-6-17(16)13-19/h1-2,5-6,9-10,13,18,20,28,30H,3-4,7-8,11-12,14-15H2,(H,27,31)(H4,24,25,26)/t18-,20-/m0/s1. The largest absolute Gasteiger partial charge is 0.394 e. The molecule has 0 spiro atoms. The second-order valence-corrected chi connectivity index (χ2v) is 10.2. The van der Waals surface area contributed by atoms with E-state index < -0.39 is 28.6 Å². The van der Waals surface area contributed by atoms with Crippen LogP contribution in [0.3, 0.4) is 0 Å². The molecule has 1 heterocycles. The number of carbonyl (C=O) groups is 2. The molecule has 0 bridgehead atoms. The zero-order valence-corrected chi connectivity index (χ0v) is 20.2. The number of fused-ring (bicyclic) bond motifs is 1. The van der Waals surface area contributed by atoms with Gasteiger partial charge in [-0.25, -0.2) is 8.42 Å². The zero-order valence-electron chi connectivity index (χ0n) is 19.4. The van der Waals surface area contributed by atoms with Gasteiger partial charge in [-0.3, -0.25) is 15.0 Å². The number of rotatable bonds is 11. The first kappa shape index (κ1) is 26.4. The Morgan fingerprint density at radius 2 is 1.91 bits per heavy atom. The van der Waals surface area contributed by atoms with Crippen molar-refractivity contribution in [2.45, 2.75) is 42.7 Å². The fourth-order valence-electron chi connectivity index (χ4n) is 4.09. The van der Waals surface area contributed by atoms with Gasteiger partial charge in [-0.05, 0) is 42.2 Å². The molecule has 0 aliphatic carbocycles. The van der Waals surface area contributed by atoms with Gasteiger partial charge in [0.2, 0.25) is 21.8 Å². The summed E-state index contributed by atoms with van der Waals surface area (Å²) >= 11 is 0. The number of hydrogen-bond acceptors (Lipinski definition) is 6. The van der Waals surface area contributed by atoms with E-state index in [1.54, 1.807) is 12.1 Å². The summed E-state index contributed by atoms with van der Waals surface area (Å²) in [6.45, 7) is 0.368. The van der Waals surface area contributed by atoms with E-state index in [-0.39, 0.29) is 35.8 Å². The van der Waals surface area contributed by atoms with E-state index >= 15 is 0 Å². The van der Waals surface area contributed by atoms with Crippen molar-refractivity contribution < 1.29 is 23.1 Å². The van der Waals surface area contributed by atoms with Gasteiger partial charge in [-0.15, -0.1) is 0 Å². The molecule has 1 aliphatic heterocycles. The molecule has 11 nitrogen and oxygen atoms in total. The van der Waals surface area contributed by atoms with Gasteiger partial charge in [-0.1, -0.05) is 30.3 Å². The third-order valence-electron chi connectivity index (χ3n) is 5.90. The fourth-order valence-corrected chi connectivity index (χ4v) is 5.30. The average Bonchev–Trinajstić information content (AvgIpc) is 3.31. The number of nitrogens with zero attached hydrogens (tertiary/aromatic N) is 1. The van der Waals surface area contributed by atoms with Crippen LogP contribution in [0.25, 0.3) is 10.8 Å². The van der Waals surface area contributed by atoms with Crippen molar-refractivity contribution >= 4 is 38.6 Å². The molecule has 7 N–H and O–H groups in total. The van der Waals surface area contributed by atoms with Gasteiger partial charge in [0.05, 0.1) is 11.5 Å². The summed E-state index contributed by atoms with van der Waals surface area (Å²) in [6.07, 6.45) is 2.12. The SMILES string of the molecule is N=C(N)NCCCC(=O)NC[C@@H]1CCCN1C(=O)[C@H](CO)NS(=O)(=O)c1ccc2ccccc2c1. The van der Waals surface area contributed by atoms with Crippen molar-refractivity contribution in [2.75, 3.05) is 26.2 Å². The van der Waals surface area contributed by atoms with Gasteiger partial charge in [0.15, 0.2) is 5.96 Å². The summed E-state index contributed by atoms with van der Waals surface area (Å²) in [6, 6.07) is 10.4. The first-order chi connectivity index (χ1) is 16.7. The van der Waals surface area contributed by atoms with Crippen molar-refractivity contribution in [2.24, 2.45) is 5.73 Å². The Bertz CT molecular complexity index is 1170. The van der Waals surface area contributed by atoms with E-state index in [1.165, 1.54) is 17.0 Å². The van der Waals surface area contributed by atoms with E-state index in [4.69, 9.17) is 11.1 Å². The summed E-state index contributed by atoms with van der Waals surface area (Å²) in [4.78, 5) is 26.7. The molecule has 2 atom stereocenters. The van der Waals surface area contributed by atoms with Gasteiger partial charge in [0, 0.05) is 32.1 Å². The molecule has 190 valence electrons. The number of hydrogen-bond donors (Lipinski definition) is 6. The number of nitrogens with two attached hydrogens (primary N) is 1. The maximum absolute atomic E-state index is 13.1. The zero-order chi connectivity index (χ0) is 25.4. The third kappa shape index (κ3) is 7.13. The topological polar surface area (TPSA) is 178 Å². The molecule has 2 aromatic carbocycles. The molecule has 2 aromatic rings. The van der Waals surface area contributed by atoms with E-state index in [0.717, 1.165) is 10.8 Å². The lowest BCUT2D eigenvalue weighted by Gasteiger charge is -2.28. The second-order valence-electron chi connectivity index (χ2n) is 8.44. The smallest absolute Gasteiger partial charge is 0.243 e. The van der Waals surface area contributed by atoms with Crippen LogP contribution in [0.1, 0.15) is 25.7 Å². The molecule has 1 aliphatic rings. The highest BCUT2D eigenvalue weighted by molar-refractivity contribution is 7.89. The second kappa shape index (κ2) is 12.0. The summed E-state index contributed by atoms with van der Waals surface area (Å²) < 4.78 is 28.2. The lowest BCUT2D eigenvalue weighted by atomic mass is 10.1. The minimum Gasteiger partial charge on any atom is -0.394 e. The van der Waals surface area contributed by atoms with Gasteiger partial charge in [0.25, 0.3) is 0 Å². The monoisotopic (exact) mass is 504 g/mol. The van der Waals surface area contributed by atoms with Gasteiger partial charge >= 0.3 is 0 Å². The molecule has 0 aromatic heterocycles. The molecule has 2 amide bonds. The summed E-state index contributed by atoms with van der Waals surface area (Å²) in [5, 5.41) is 24.0. The molecule has 3 rings (SSSR count). The minimum atomic E-state index is -4.06. The highest BCUT2D eigenvalue weighted by Crippen LogP contribution is 2.21. The number of sulfonamides is 1. The highest BCUT2D eigenvalue weighted by atomic mass is 32.2. The van der Waals surface area contributed by atoms with Crippen LogP contribution < -0.4 is 21.1 Å². The van der Waals surface area contributed by atoms with Crippen molar-refractivity contribution in [1.82, 2.24) is 20.3 Å². The number of aliphatic hydroxyl groups is 1. The highest BCUT2D eigenvalue weighted by Gasteiger charge is 2.35. The Kier molecular flexibility index (Phi) is 9.01. The number of nitrogens with one attached hydrogen (secondary N) is 4. The third-order valence-corrected chi connectivity index (χ3v) is 7.37. The van der Waals surface area contributed by atoms with Crippen LogP contribution in [0.5, 0.6) is 0 Å². The van der Waals surface area contributed by atoms with Gasteiger partial charge in [0.1, 0.15) is 6.04 Å². The van der Waals surface area contributed by atoms with E-state index in [0.29, 0.717) is 32.4 Å². The maximum atomic E-state index is 13.1. The predicted molar refractivity (Wildman–Crippen MR) is 132 cm³/mol. The maximum Gasteiger partial charge on any atom is 0.243 e. The first-order valence-corrected chi connectivity index (χ1v) is 13.0. The molecule has 1 saturated heterocycles. The van der Waals surface area contributed by atoms with E-state index in [1.807, 2.05) is 18.2 Å². The Morgan fingerprint density at radius 1 is 1.17 bits per heavy atom. The minimum absolute atomic E-state index is 0.00643. The molecule has 0 radical (unpaired) electrons. The Morgan fingerprint density at radius 3 is 2.63 bits per heavy atom. The Hall–Kier alpha value is -3.22. The summed E-state index contributed by atoms with van der Waals surface area (Å²) in [7, 11) is -4.06. The number of amides is 2. The quantitative estimate of drug-likeness (QED) is 0.140. The number of guanidine groups is 1. The Balaban J connectivity index is 1.59. The van der Waals surface area contributed by atoms with Crippen LogP contribution in [0.2, 0.25) is 0 Å². The lowest BCUT2D eigenvalue weighted by Crippen LogP contribution is -2.53. The number of carbonyl (C=O) groups excluding carboxylic acids is 2. The number of likely N-dealkylation sites (tertiary alicyclic amines) is 1. The lowest BCUT2D eigenvalue weighted by molar-refractivity contribution is -0.135. The van der Waals surface area contributed by atoms with Crippen LogP contribution in [0.15, 0.2) is 47.4 Å². The van der Waals surface area contributed by atoms with Crippen molar-refractivity contribution in [3.05, 3.63) is 42.5 Å². The number of aliphatic hydroxyl groups excluding tert-OH is 1. The van der Waals surface area contributed by atoms with Crippen LogP contribution in [-0.2, 0) is 19.6 Å². The van der Waals surface area contributed by atoms with Gasteiger partial charge in [-0.2, -0.15) is 4.72 Å². The van der Waals surface area contributed by atoms with E-state index in [2.05, 4.69) is 15.4 Å². The van der Waals surface area contributed by atoms with Gasteiger partial charge < -0.3 is 26.4 Å². The normalized spacial score (nSPS) is 16.7. The van der Waals surface area contributed by atoms with Crippen LogP contribution in [-0.4, -0.2) is 74.5 Å². The summed E-state index contributed by atoms with van der Waals surface area (Å²) in [5.41, 5.74) is 5.20. The molecule has 12 heteroatoms. The molecular weight excluding hydrogens is 472 g/mol.